The van der Waals surface area contributed by atoms with E-state index in [9.17, 15) is 13.5 Å². The van der Waals surface area contributed by atoms with E-state index in [-0.39, 0.29) is 6.54 Å². The highest BCUT2D eigenvalue weighted by atomic mass is 32.2. The van der Waals surface area contributed by atoms with Crippen molar-refractivity contribution in [2.24, 2.45) is 0 Å². The number of fused-ring (bicyclic) bond motifs is 1. The van der Waals surface area contributed by atoms with Crippen LogP contribution in [0.4, 0.5) is 0 Å². The zero-order chi connectivity index (χ0) is 16.4. The number of benzene rings is 2. The summed E-state index contributed by atoms with van der Waals surface area (Å²) in [5, 5.41) is 10.9. The second-order valence-electron chi connectivity index (χ2n) is 5.92. The zero-order valence-corrected chi connectivity index (χ0v) is 13.7. The highest BCUT2D eigenvalue weighted by Gasteiger charge is 2.34. The normalized spacial score (nSPS) is 21.2. The van der Waals surface area contributed by atoms with Crippen LogP contribution in [0.3, 0.4) is 0 Å². The minimum absolute atomic E-state index is 0.164. The second-order valence-corrected chi connectivity index (χ2v) is 7.98. The minimum atomic E-state index is -3.60. The predicted molar refractivity (Wildman–Crippen MR) is 92.6 cm³/mol. The molecule has 1 aliphatic heterocycles. The molecule has 5 heteroatoms. The average Bonchev–Trinajstić information content (AvgIpc) is 2.55. The topological polar surface area (TPSA) is 57.6 Å². The summed E-state index contributed by atoms with van der Waals surface area (Å²) in [7, 11) is -3.60. The van der Waals surface area contributed by atoms with Crippen LogP contribution in [0.25, 0.3) is 10.8 Å². The van der Waals surface area contributed by atoms with Crippen molar-refractivity contribution < 1.29 is 13.5 Å². The van der Waals surface area contributed by atoms with Crippen molar-refractivity contribution >= 4 is 20.8 Å². The molecule has 0 aliphatic carbocycles. The van der Waals surface area contributed by atoms with Crippen molar-refractivity contribution in [1.29, 1.82) is 0 Å². The fourth-order valence-electron chi connectivity index (χ4n) is 3.22. The molecule has 23 heavy (non-hydrogen) atoms. The van der Waals surface area contributed by atoms with Gasteiger partial charge in [0.05, 0.1) is 6.10 Å². The van der Waals surface area contributed by atoms with E-state index in [1.54, 1.807) is 0 Å². The number of piperidine rings is 1. The molecule has 1 heterocycles. The first-order valence-corrected chi connectivity index (χ1v) is 9.31. The van der Waals surface area contributed by atoms with Gasteiger partial charge in [-0.25, -0.2) is 8.42 Å². The fourth-order valence-corrected chi connectivity index (χ4v) is 5.07. The lowest BCUT2D eigenvalue weighted by molar-refractivity contribution is 0.107. The Kier molecular flexibility index (Phi) is 4.53. The van der Waals surface area contributed by atoms with Gasteiger partial charge in [-0.15, -0.1) is 6.58 Å². The first-order chi connectivity index (χ1) is 11.0. The summed E-state index contributed by atoms with van der Waals surface area (Å²) in [6, 6.07) is 13.4. The molecule has 0 bridgehead atoms. The van der Waals surface area contributed by atoms with Crippen LogP contribution >= 0.6 is 0 Å². The number of rotatable bonds is 4. The van der Waals surface area contributed by atoms with Crippen molar-refractivity contribution in [2.75, 3.05) is 13.1 Å². The molecule has 2 aromatic carbocycles. The number of nitrogens with zero attached hydrogens (tertiary/aromatic N) is 1. The highest BCUT2D eigenvalue weighted by Crippen LogP contribution is 2.33. The first kappa shape index (κ1) is 16.2. The third-order valence-corrected chi connectivity index (χ3v) is 6.52. The van der Waals surface area contributed by atoms with Gasteiger partial charge in [0.15, 0.2) is 0 Å². The van der Waals surface area contributed by atoms with Crippen LogP contribution in [0.2, 0.25) is 0 Å². The Morgan fingerprint density at radius 3 is 2.70 bits per heavy atom. The summed E-state index contributed by atoms with van der Waals surface area (Å²) in [5.74, 6) is 0. The third kappa shape index (κ3) is 3.04. The van der Waals surface area contributed by atoms with Crippen molar-refractivity contribution in [3.63, 3.8) is 0 Å². The molecule has 1 fully saturated rings. The summed E-state index contributed by atoms with van der Waals surface area (Å²) in [5.41, 5.74) is 0.734. The number of sulfonamides is 1. The van der Waals surface area contributed by atoms with Crippen molar-refractivity contribution in [2.45, 2.75) is 24.2 Å². The highest BCUT2D eigenvalue weighted by molar-refractivity contribution is 7.89. The molecule has 1 aliphatic rings. The summed E-state index contributed by atoms with van der Waals surface area (Å²) in [6.07, 6.45) is 2.23. The summed E-state index contributed by atoms with van der Waals surface area (Å²) < 4.78 is 27.5. The number of aliphatic hydroxyl groups is 1. The smallest absolute Gasteiger partial charge is 0.224 e. The van der Waals surface area contributed by atoms with Crippen molar-refractivity contribution in [3.05, 3.63) is 60.7 Å². The quantitative estimate of drug-likeness (QED) is 0.877. The number of hydrogen-bond donors (Lipinski definition) is 1. The van der Waals surface area contributed by atoms with Crippen LogP contribution in [-0.2, 0) is 10.0 Å². The van der Waals surface area contributed by atoms with Crippen molar-refractivity contribution in [1.82, 2.24) is 4.31 Å². The molecular weight excluding hydrogens is 310 g/mol. The fraction of sp³-hybridized carbons (Fsp3) is 0.333. The van der Waals surface area contributed by atoms with E-state index in [1.807, 2.05) is 42.5 Å². The molecule has 2 unspecified atom stereocenters. The van der Waals surface area contributed by atoms with Gasteiger partial charge in [-0.1, -0.05) is 48.5 Å². The average molecular weight is 331 g/mol. The van der Waals surface area contributed by atoms with Gasteiger partial charge in [-0.2, -0.15) is 4.31 Å². The van der Waals surface area contributed by atoms with Gasteiger partial charge in [0.2, 0.25) is 10.0 Å². The zero-order valence-electron chi connectivity index (χ0n) is 12.9. The molecule has 0 aromatic heterocycles. The Hall–Kier alpha value is -1.69. The van der Waals surface area contributed by atoms with Crippen LogP contribution in [0.15, 0.2) is 55.1 Å². The van der Waals surface area contributed by atoms with Crippen LogP contribution in [0, 0.1) is 0 Å². The van der Waals surface area contributed by atoms with Gasteiger partial charge in [-0.3, -0.25) is 0 Å². The molecule has 2 aromatic rings. The standard InChI is InChI=1S/C18H21NO3S/c1-2-18(23(21,22)19-12-6-9-15(20)13-19)17-11-5-8-14-7-3-4-10-16(14)17/h2-5,7-8,10-11,15,18,20H,1,6,9,12-13H2. The van der Waals surface area contributed by atoms with Gasteiger partial charge in [0.1, 0.15) is 5.25 Å². The van der Waals surface area contributed by atoms with E-state index in [4.69, 9.17) is 0 Å². The van der Waals surface area contributed by atoms with E-state index >= 15 is 0 Å². The van der Waals surface area contributed by atoms with Gasteiger partial charge in [-0.05, 0) is 29.2 Å². The molecular formula is C18H21NO3S. The molecule has 1 N–H and O–H groups in total. The maximum atomic E-state index is 13.1. The van der Waals surface area contributed by atoms with Crippen molar-refractivity contribution in [3.8, 4) is 0 Å². The molecule has 0 saturated carbocycles. The molecule has 1 saturated heterocycles. The minimum Gasteiger partial charge on any atom is -0.392 e. The van der Waals surface area contributed by atoms with E-state index in [0.717, 1.165) is 16.3 Å². The summed E-state index contributed by atoms with van der Waals surface area (Å²) in [4.78, 5) is 0. The van der Waals surface area contributed by atoms with Gasteiger partial charge >= 0.3 is 0 Å². The lowest BCUT2D eigenvalue weighted by atomic mass is 10.0. The Bertz CT molecular complexity index is 811. The molecule has 3 rings (SSSR count). The SMILES string of the molecule is C=CC(c1cccc2ccccc12)S(=O)(=O)N1CCCC(O)C1. The molecule has 0 spiro atoms. The van der Waals surface area contributed by atoms with E-state index < -0.39 is 21.4 Å². The summed E-state index contributed by atoms with van der Waals surface area (Å²) >= 11 is 0. The second kappa shape index (κ2) is 6.43. The number of β-amino-alcohol motifs (C(OH)–C–C–N with tert-alkyl or cyclic N) is 1. The molecule has 0 radical (unpaired) electrons. The molecule has 2 atom stereocenters. The number of hydrogen-bond acceptors (Lipinski definition) is 3. The van der Waals surface area contributed by atoms with Gasteiger partial charge in [0.25, 0.3) is 0 Å². The maximum absolute atomic E-state index is 13.1. The molecule has 122 valence electrons. The Morgan fingerprint density at radius 1 is 1.22 bits per heavy atom. The van der Waals surface area contributed by atoms with Gasteiger partial charge < -0.3 is 5.11 Å². The lowest BCUT2D eigenvalue weighted by Gasteiger charge is -2.32. The monoisotopic (exact) mass is 331 g/mol. The third-order valence-electron chi connectivity index (χ3n) is 4.38. The first-order valence-electron chi connectivity index (χ1n) is 7.81. The van der Waals surface area contributed by atoms with E-state index in [1.165, 1.54) is 10.4 Å². The predicted octanol–water partition coefficient (Wildman–Crippen LogP) is 2.85. The van der Waals surface area contributed by atoms with E-state index in [0.29, 0.717) is 19.4 Å². The van der Waals surface area contributed by atoms with Crippen LogP contribution in [0.5, 0.6) is 0 Å². The van der Waals surface area contributed by atoms with Gasteiger partial charge in [0, 0.05) is 13.1 Å². The Morgan fingerprint density at radius 2 is 1.96 bits per heavy atom. The molecule has 0 amide bonds. The van der Waals surface area contributed by atoms with E-state index in [2.05, 4.69) is 6.58 Å². The van der Waals surface area contributed by atoms with Crippen LogP contribution in [0.1, 0.15) is 23.7 Å². The number of aliphatic hydroxyl groups excluding tert-OH is 1. The van der Waals surface area contributed by atoms with Crippen LogP contribution in [-0.4, -0.2) is 37.0 Å². The van der Waals surface area contributed by atoms with Crippen LogP contribution < -0.4 is 0 Å². The largest absolute Gasteiger partial charge is 0.392 e. The molecule has 4 nitrogen and oxygen atoms in total. The Balaban J connectivity index is 2.06. The lowest BCUT2D eigenvalue weighted by Crippen LogP contribution is -2.43. The summed E-state index contributed by atoms with van der Waals surface area (Å²) in [6.45, 7) is 4.37. The maximum Gasteiger partial charge on any atom is 0.224 e. The Labute approximate surface area is 137 Å².